The number of rotatable bonds is 4. The smallest absolute Gasteiger partial charge is 0.243 e. The quantitative estimate of drug-likeness (QED) is 0.858. The molecule has 0 amide bonds. The lowest BCUT2D eigenvalue weighted by molar-refractivity contribution is 0.466. The molecule has 0 fully saturated rings. The third kappa shape index (κ3) is 3.39. The van der Waals surface area contributed by atoms with Gasteiger partial charge in [-0.2, -0.15) is 4.31 Å². The lowest BCUT2D eigenvalue weighted by Gasteiger charge is -2.17. The maximum Gasteiger partial charge on any atom is 0.243 e. The molecule has 0 saturated heterocycles. The Bertz CT molecular complexity index is 717. The summed E-state index contributed by atoms with van der Waals surface area (Å²) in [7, 11) is -1.98. The van der Waals surface area contributed by atoms with Gasteiger partial charge in [-0.25, -0.2) is 8.42 Å². The second kappa shape index (κ2) is 5.95. The Morgan fingerprint density at radius 2 is 1.85 bits per heavy atom. The first-order valence-corrected chi connectivity index (χ1v) is 8.19. The van der Waals surface area contributed by atoms with Crippen LogP contribution in [0.15, 0.2) is 57.9 Å². The number of sulfonamides is 1. The molecule has 0 saturated carbocycles. The minimum Gasteiger partial charge on any atom is -0.399 e. The van der Waals surface area contributed by atoms with Crippen molar-refractivity contribution in [2.24, 2.45) is 0 Å². The summed E-state index contributed by atoms with van der Waals surface area (Å²) >= 11 is 3.37. The average Bonchev–Trinajstić information content (AvgIpc) is 2.38. The van der Waals surface area contributed by atoms with E-state index < -0.39 is 10.0 Å². The molecule has 0 aliphatic carbocycles. The van der Waals surface area contributed by atoms with Crippen LogP contribution in [-0.4, -0.2) is 19.8 Å². The summed E-state index contributed by atoms with van der Waals surface area (Å²) in [6, 6.07) is 13.9. The van der Waals surface area contributed by atoms with Gasteiger partial charge in [-0.3, -0.25) is 0 Å². The fourth-order valence-corrected chi connectivity index (χ4v) is 3.49. The van der Waals surface area contributed by atoms with Crippen LogP contribution < -0.4 is 5.73 Å². The molecule has 0 radical (unpaired) electrons. The van der Waals surface area contributed by atoms with Gasteiger partial charge >= 0.3 is 0 Å². The van der Waals surface area contributed by atoms with Gasteiger partial charge in [0, 0.05) is 23.8 Å². The van der Waals surface area contributed by atoms with Crippen LogP contribution in [0.2, 0.25) is 0 Å². The van der Waals surface area contributed by atoms with Crippen LogP contribution in [0.1, 0.15) is 5.56 Å². The molecule has 0 aliphatic rings. The molecule has 0 spiro atoms. The Morgan fingerprint density at radius 3 is 2.50 bits per heavy atom. The molecule has 2 rings (SSSR count). The molecular weight excluding hydrogens is 340 g/mol. The summed E-state index contributed by atoms with van der Waals surface area (Å²) < 4.78 is 27.1. The van der Waals surface area contributed by atoms with Crippen LogP contribution in [0, 0.1) is 0 Å². The summed E-state index contributed by atoms with van der Waals surface area (Å²) in [5.41, 5.74) is 6.98. The highest BCUT2D eigenvalue weighted by Crippen LogP contribution is 2.20. The Hall–Kier alpha value is -1.37. The molecular formula is C14H15BrN2O2S. The van der Waals surface area contributed by atoms with Crippen LogP contribution in [-0.2, 0) is 16.6 Å². The van der Waals surface area contributed by atoms with E-state index in [1.807, 2.05) is 24.3 Å². The van der Waals surface area contributed by atoms with Crippen molar-refractivity contribution < 1.29 is 8.42 Å². The predicted octanol–water partition coefficient (Wildman–Crippen LogP) is 2.85. The lowest BCUT2D eigenvalue weighted by atomic mass is 10.2. The van der Waals surface area contributed by atoms with E-state index in [2.05, 4.69) is 15.9 Å². The van der Waals surface area contributed by atoms with Crippen LogP contribution in [0.25, 0.3) is 0 Å². The molecule has 20 heavy (non-hydrogen) atoms. The second-order valence-corrected chi connectivity index (χ2v) is 7.42. The highest BCUT2D eigenvalue weighted by atomic mass is 79.9. The maximum absolute atomic E-state index is 12.4. The molecule has 0 bridgehead atoms. The van der Waals surface area contributed by atoms with Crippen LogP contribution in [0.3, 0.4) is 0 Å². The summed E-state index contributed by atoms with van der Waals surface area (Å²) in [4.78, 5) is 0.204. The van der Waals surface area contributed by atoms with E-state index in [0.717, 1.165) is 10.0 Å². The van der Waals surface area contributed by atoms with Crippen LogP contribution in [0.5, 0.6) is 0 Å². The topological polar surface area (TPSA) is 63.4 Å². The number of benzene rings is 2. The zero-order valence-corrected chi connectivity index (χ0v) is 13.4. The summed E-state index contributed by atoms with van der Waals surface area (Å²) in [6.45, 7) is 0.302. The van der Waals surface area contributed by atoms with Crippen molar-refractivity contribution in [2.45, 2.75) is 11.4 Å². The first-order chi connectivity index (χ1) is 9.39. The third-order valence-electron chi connectivity index (χ3n) is 2.86. The molecule has 0 aliphatic heterocycles. The van der Waals surface area contributed by atoms with Crippen molar-refractivity contribution in [1.29, 1.82) is 0 Å². The van der Waals surface area contributed by atoms with Gasteiger partial charge in [0.25, 0.3) is 0 Å². The molecule has 0 unspecified atom stereocenters. The Kier molecular flexibility index (Phi) is 4.47. The number of hydrogen-bond donors (Lipinski definition) is 1. The van der Waals surface area contributed by atoms with E-state index in [1.165, 1.54) is 10.4 Å². The lowest BCUT2D eigenvalue weighted by Crippen LogP contribution is -2.26. The molecule has 106 valence electrons. The van der Waals surface area contributed by atoms with E-state index in [-0.39, 0.29) is 4.90 Å². The number of halogens is 1. The van der Waals surface area contributed by atoms with Crippen molar-refractivity contribution in [1.82, 2.24) is 4.31 Å². The fraction of sp³-hybridized carbons (Fsp3) is 0.143. The SMILES string of the molecule is CN(Cc1cccc(Br)c1)S(=O)(=O)c1cccc(N)c1. The van der Waals surface area contributed by atoms with Gasteiger partial charge in [0.1, 0.15) is 0 Å². The zero-order chi connectivity index (χ0) is 14.8. The van der Waals surface area contributed by atoms with Crippen LogP contribution >= 0.6 is 15.9 Å². The standard InChI is InChI=1S/C14H15BrN2O2S/c1-17(10-11-4-2-5-12(15)8-11)20(18,19)14-7-3-6-13(16)9-14/h2-9H,10,16H2,1H3. The van der Waals surface area contributed by atoms with Crippen molar-refractivity contribution in [3.8, 4) is 0 Å². The van der Waals surface area contributed by atoms with Gasteiger partial charge in [0.15, 0.2) is 0 Å². The highest BCUT2D eigenvalue weighted by molar-refractivity contribution is 9.10. The van der Waals surface area contributed by atoms with Gasteiger partial charge in [-0.15, -0.1) is 0 Å². The maximum atomic E-state index is 12.4. The normalized spacial score (nSPS) is 11.8. The summed E-state index contributed by atoms with van der Waals surface area (Å²) in [6.07, 6.45) is 0. The summed E-state index contributed by atoms with van der Waals surface area (Å²) in [5.74, 6) is 0. The van der Waals surface area contributed by atoms with E-state index in [1.54, 1.807) is 25.2 Å². The molecule has 0 heterocycles. The minimum absolute atomic E-state index is 0.204. The zero-order valence-electron chi connectivity index (χ0n) is 11.0. The predicted molar refractivity (Wildman–Crippen MR) is 83.6 cm³/mol. The number of anilines is 1. The van der Waals surface area contributed by atoms with Gasteiger partial charge in [0.05, 0.1) is 4.90 Å². The minimum atomic E-state index is -3.53. The van der Waals surface area contributed by atoms with Crippen molar-refractivity contribution in [3.63, 3.8) is 0 Å². The monoisotopic (exact) mass is 354 g/mol. The summed E-state index contributed by atoms with van der Waals surface area (Å²) in [5, 5.41) is 0. The largest absolute Gasteiger partial charge is 0.399 e. The van der Waals surface area contributed by atoms with Crippen molar-refractivity contribution in [2.75, 3.05) is 12.8 Å². The fourth-order valence-electron chi connectivity index (χ4n) is 1.83. The second-order valence-electron chi connectivity index (χ2n) is 4.46. The van der Waals surface area contributed by atoms with Gasteiger partial charge < -0.3 is 5.73 Å². The number of hydrogen-bond acceptors (Lipinski definition) is 3. The van der Waals surface area contributed by atoms with E-state index >= 15 is 0 Å². The van der Waals surface area contributed by atoms with E-state index in [9.17, 15) is 8.42 Å². The number of nitrogens with zero attached hydrogens (tertiary/aromatic N) is 1. The first kappa shape index (κ1) is 15.0. The van der Waals surface area contributed by atoms with Gasteiger partial charge in [-0.1, -0.05) is 34.1 Å². The highest BCUT2D eigenvalue weighted by Gasteiger charge is 2.20. The Labute approximate surface area is 127 Å². The molecule has 2 aromatic rings. The first-order valence-electron chi connectivity index (χ1n) is 5.96. The van der Waals surface area contributed by atoms with E-state index in [0.29, 0.717) is 12.2 Å². The molecule has 6 heteroatoms. The van der Waals surface area contributed by atoms with Crippen molar-refractivity contribution >= 4 is 31.6 Å². The molecule has 0 aromatic heterocycles. The van der Waals surface area contributed by atoms with Gasteiger partial charge in [0.2, 0.25) is 10.0 Å². The van der Waals surface area contributed by atoms with Gasteiger partial charge in [-0.05, 0) is 35.9 Å². The Morgan fingerprint density at radius 1 is 1.15 bits per heavy atom. The Balaban J connectivity index is 2.26. The number of nitrogen functional groups attached to an aromatic ring is 1. The molecule has 2 N–H and O–H groups in total. The molecule has 0 atom stereocenters. The number of nitrogens with two attached hydrogens (primary N) is 1. The molecule has 2 aromatic carbocycles. The molecule has 4 nitrogen and oxygen atoms in total. The van der Waals surface area contributed by atoms with Crippen LogP contribution in [0.4, 0.5) is 5.69 Å². The van der Waals surface area contributed by atoms with Crippen molar-refractivity contribution in [3.05, 3.63) is 58.6 Å². The third-order valence-corrected chi connectivity index (χ3v) is 5.15. The average molecular weight is 355 g/mol. The van der Waals surface area contributed by atoms with E-state index in [4.69, 9.17) is 5.73 Å².